The zero-order chi connectivity index (χ0) is 15.2. The zero-order valence-corrected chi connectivity index (χ0v) is 11.7. The third kappa shape index (κ3) is 5.23. The van der Waals surface area contributed by atoms with Crippen LogP contribution in [0.5, 0.6) is 0 Å². The van der Waals surface area contributed by atoms with Gasteiger partial charge in [-0.3, -0.25) is 0 Å². The number of rotatable bonds is 4. The maximum atomic E-state index is 9.75. The van der Waals surface area contributed by atoms with Gasteiger partial charge in [0.2, 0.25) is 6.33 Å². The summed E-state index contributed by atoms with van der Waals surface area (Å²) in [5.74, 6) is 0. The Morgan fingerprint density at radius 2 is 1.70 bits per heavy atom. The predicted molar refractivity (Wildman–Crippen MR) is 72.9 cm³/mol. The molecule has 1 aromatic carbocycles. The molecule has 1 aromatic heterocycles. The van der Waals surface area contributed by atoms with E-state index in [9.17, 15) is 17.3 Å². The lowest BCUT2D eigenvalue weighted by atomic mass is 10.3. The number of hydrogen-bond donors (Lipinski definition) is 0. The molecule has 20 heavy (non-hydrogen) atoms. The maximum absolute atomic E-state index is 9.75. The number of aromatic nitrogens is 2. The Balaban J connectivity index is 0.000000347. The van der Waals surface area contributed by atoms with Gasteiger partial charge in [0.1, 0.15) is 0 Å². The van der Waals surface area contributed by atoms with Crippen LogP contribution in [0.3, 0.4) is 0 Å². The summed E-state index contributed by atoms with van der Waals surface area (Å²) in [6.07, 6.45) is 4.74. The highest BCUT2D eigenvalue weighted by atomic mass is 19.5. The van der Waals surface area contributed by atoms with Crippen LogP contribution in [0.25, 0.3) is 11.0 Å². The molecule has 0 N–H and O–H groups in total. The molecule has 2 rings (SSSR count). The van der Waals surface area contributed by atoms with Crippen molar-refractivity contribution in [3.05, 3.63) is 30.6 Å². The number of nitrogens with zero attached hydrogens (tertiary/aromatic N) is 2. The molecule has 112 valence electrons. The summed E-state index contributed by atoms with van der Waals surface area (Å²) in [5.41, 5.74) is 2.70. The molecule has 0 saturated heterocycles. The fourth-order valence-electron chi connectivity index (χ4n) is 2.00. The van der Waals surface area contributed by atoms with Crippen LogP contribution in [0.4, 0.5) is 17.3 Å². The van der Waals surface area contributed by atoms with Gasteiger partial charge in [0, 0.05) is 0 Å². The Hall–Kier alpha value is -1.53. The van der Waals surface area contributed by atoms with Gasteiger partial charge >= 0.3 is 7.25 Å². The van der Waals surface area contributed by atoms with E-state index >= 15 is 0 Å². The summed E-state index contributed by atoms with van der Waals surface area (Å²) < 4.78 is 43.7. The van der Waals surface area contributed by atoms with Crippen molar-refractivity contribution in [2.45, 2.75) is 39.8 Å². The van der Waals surface area contributed by atoms with Crippen molar-refractivity contribution in [2.75, 3.05) is 0 Å². The SMILES string of the molecule is CCCC[n+]1cn(CC)c2ccccc21.F[B-](F)(F)F. The number of aryl methyl sites for hydroxylation is 2. The minimum Gasteiger partial charge on any atom is -0.418 e. The summed E-state index contributed by atoms with van der Waals surface area (Å²) in [4.78, 5) is 0. The van der Waals surface area contributed by atoms with Crippen molar-refractivity contribution in [3.63, 3.8) is 0 Å². The van der Waals surface area contributed by atoms with Crippen LogP contribution in [-0.4, -0.2) is 11.8 Å². The quantitative estimate of drug-likeness (QED) is 0.456. The van der Waals surface area contributed by atoms with E-state index in [-0.39, 0.29) is 0 Å². The van der Waals surface area contributed by atoms with Gasteiger partial charge in [0.25, 0.3) is 0 Å². The highest BCUT2D eigenvalue weighted by Gasteiger charge is 2.20. The molecule has 0 saturated carbocycles. The largest absolute Gasteiger partial charge is 0.673 e. The normalized spacial score (nSPS) is 11.3. The first-order valence-corrected chi connectivity index (χ1v) is 6.71. The Morgan fingerprint density at radius 3 is 2.25 bits per heavy atom. The summed E-state index contributed by atoms with van der Waals surface area (Å²) in [7, 11) is -6.00. The van der Waals surface area contributed by atoms with Crippen LogP contribution in [0.2, 0.25) is 0 Å². The molecule has 7 heteroatoms. The number of unbranched alkanes of at least 4 members (excludes halogenated alkanes) is 1. The number of fused-ring (bicyclic) bond motifs is 1. The zero-order valence-electron chi connectivity index (χ0n) is 11.7. The molecule has 1 heterocycles. The first-order valence-electron chi connectivity index (χ1n) is 6.71. The van der Waals surface area contributed by atoms with Gasteiger partial charge < -0.3 is 17.3 Å². The molecule has 2 aromatic rings. The lowest BCUT2D eigenvalue weighted by Gasteiger charge is -1.94. The molecule has 0 aliphatic rings. The molecule has 0 unspecified atom stereocenters. The second-order valence-corrected chi connectivity index (χ2v) is 4.43. The molecule has 0 fully saturated rings. The molecular formula is C13H19BF4N2. The molecule has 0 amide bonds. The van der Waals surface area contributed by atoms with Crippen LogP contribution < -0.4 is 4.57 Å². The van der Waals surface area contributed by atoms with Gasteiger partial charge in [-0.1, -0.05) is 25.5 Å². The number of imidazole rings is 1. The van der Waals surface area contributed by atoms with Crippen LogP contribution >= 0.6 is 0 Å². The van der Waals surface area contributed by atoms with Gasteiger partial charge in [-0.05, 0) is 25.5 Å². The molecule has 0 aliphatic carbocycles. The Kier molecular flexibility index (Phi) is 6.04. The second kappa shape index (κ2) is 7.31. The predicted octanol–water partition coefficient (Wildman–Crippen LogP) is 4.05. The van der Waals surface area contributed by atoms with E-state index in [2.05, 4.69) is 53.6 Å². The minimum absolute atomic E-state index is 1.04. The fourth-order valence-corrected chi connectivity index (χ4v) is 2.00. The number of halogens is 4. The lowest BCUT2D eigenvalue weighted by molar-refractivity contribution is -0.672. The number of benzene rings is 1. The first kappa shape index (κ1) is 16.5. The number of hydrogen-bond acceptors (Lipinski definition) is 0. The fraction of sp³-hybridized carbons (Fsp3) is 0.462. The first-order chi connectivity index (χ1) is 9.36. The molecule has 0 atom stereocenters. The van der Waals surface area contributed by atoms with E-state index < -0.39 is 7.25 Å². The topological polar surface area (TPSA) is 8.81 Å². The van der Waals surface area contributed by atoms with E-state index in [4.69, 9.17) is 0 Å². The van der Waals surface area contributed by atoms with Gasteiger partial charge in [-0.15, -0.1) is 0 Å². The van der Waals surface area contributed by atoms with E-state index in [1.165, 1.54) is 23.9 Å². The number of para-hydroxylation sites is 2. The Bertz CT molecular complexity index is 531. The maximum Gasteiger partial charge on any atom is 0.673 e. The third-order valence-corrected chi connectivity index (χ3v) is 2.87. The van der Waals surface area contributed by atoms with Crippen LogP contribution in [-0.2, 0) is 13.1 Å². The van der Waals surface area contributed by atoms with Crippen molar-refractivity contribution in [1.82, 2.24) is 4.57 Å². The summed E-state index contributed by atoms with van der Waals surface area (Å²) >= 11 is 0. The van der Waals surface area contributed by atoms with E-state index in [0.29, 0.717) is 0 Å². The smallest absolute Gasteiger partial charge is 0.418 e. The van der Waals surface area contributed by atoms with E-state index in [0.717, 1.165) is 13.1 Å². The summed E-state index contributed by atoms with van der Waals surface area (Å²) in [6.45, 7) is 6.60. The van der Waals surface area contributed by atoms with Gasteiger partial charge in [0.05, 0.1) is 13.1 Å². The molecule has 0 radical (unpaired) electrons. The lowest BCUT2D eigenvalue weighted by Crippen LogP contribution is -2.32. The van der Waals surface area contributed by atoms with Crippen molar-refractivity contribution < 1.29 is 21.8 Å². The van der Waals surface area contributed by atoms with E-state index in [1.807, 2.05) is 0 Å². The standard InChI is InChI=1S/C13H19N2.BF4/c1-3-5-10-15-11-14(4-2)12-8-6-7-9-13(12)15;2-1(3,4)5/h6-9,11H,3-5,10H2,1-2H3;/q+1;-1. The van der Waals surface area contributed by atoms with Crippen molar-refractivity contribution in [2.24, 2.45) is 0 Å². The highest BCUT2D eigenvalue weighted by Crippen LogP contribution is 2.10. The Morgan fingerprint density at radius 1 is 1.10 bits per heavy atom. The van der Waals surface area contributed by atoms with Crippen molar-refractivity contribution in [3.8, 4) is 0 Å². The average Bonchev–Trinajstić information content (AvgIpc) is 2.73. The monoisotopic (exact) mass is 290 g/mol. The summed E-state index contributed by atoms with van der Waals surface area (Å²) in [6, 6.07) is 8.63. The molecule has 2 nitrogen and oxygen atoms in total. The van der Waals surface area contributed by atoms with Gasteiger partial charge in [-0.25, -0.2) is 9.13 Å². The molecular weight excluding hydrogens is 271 g/mol. The van der Waals surface area contributed by atoms with E-state index in [1.54, 1.807) is 0 Å². The molecule has 0 bridgehead atoms. The highest BCUT2D eigenvalue weighted by molar-refractivity contribution is 6.50. The third-order valence-electron chi connectivity index (χ3n) is 2.87. The Labute approximate surface area is 116 Å². The van der Waals surface area contributed by atoms with Crippen LogP contribution in [0.1, 0.15) is 26.7 Å². The van der Waals surface area contributed by atoms with Crippen molar-refractivity contribution >= 4 is 18.3 Å². The molecule has 0 spiro atoms. The second-order valence-electron chi connectivity index (χ2n) is 4.43. The van der Waals surface area contributed by atoms with Crippen LogP contribution in [0.15, 0.2) is 30.6 Å². The van der Waals surface area contributed by atoms with Crippen molar-refractivity contribution in [1.29, 1.82) is 0 Å². The molecule has 0 aliphatic heterocycles. The van der Waals surface area contributed by atoms with Gasteiger partial charge in [-0.2, -0.15) is 0 Å². The summed E-state index contributed by atoms with van der Waals surface area (Å²) in [5, 5.41) is 0. The minimum atomic E-state index is -6.00. The van der Waals surface area contributed by atoms with Crippen LogP contribution in [0, 0.1) is 0 Å². The van der Waals surface area contributed by atoms with Gasteiger partial charge in [0.15, 0.2) is 11.0 Å². The average molecular weight is 290 g/mol.